The fourth-order valence-corrected chi connectivity index (χ4v) is 6.40. The van der Waals surface area contributed by atoms with Gasteiger partial charge in [-0.05, 0) is 57.7 Å². The molecule has 0 aliphatic heterocycles. The largest absolute Gasteiger partial charge is 0.493 e. The van der Waals surface area contributed by atoms with Crippen LogP contribution in [0.15, 0.2) is 42.6 Å². The second-order valence-electron chi connectivity index (χ2n) is 11.0. The molecule has 2 fully saturated rings. The van der Waals surface area contributed by atoms with E-state index in [0.29, 0.717) is 47.6 Å². The molecule has 3 heterocycles. The van der Waals surface area contributed by atoms with Crippen LogP contribution in [0.4, 0.5) is 11.8 Å². The summed E-state index contributed by atoms with van der Waals surface area (Å²) in [5.41, 5.74) is 1.34. The number of fused-ring (bicyclic) bond motifs is 1. The molecule has 4 aromatic rings. The van der Waals surface area contributed by atoms with Gasteiger partial charge in [-0.25, -0.2) is 9.97 Å². The van der Waals surface area contributed by atoms with Gasteiger partial charge < -0.3 is 30.7 Å². The highest BCUT2D eigenvalue weighted by molar-refractivity contribution is 7.21. The van der Waals surface area contributed by atoms with E-state index in [-0.39, 0.29) is 18.4 Å². The predicted octanol–water partition coefficient (Wildman–Crippen LogP) is 3.90. The molecule has 2 aliphatic carbocycles. The number of hydrogen-bond donors (Lipinski definition) is 5. The molecule has 11 heteroatoms. The van der Waals surface area contributed by atoms with Gasteiger partial charge in [0, 0.05) is 30.7 Å². The quantitative estimate of drug-likeness (QED) is 0.180. The Labute approximate surface area is 236 Å². The van der Waals surface area contributed by atoms with E-state index in [2.05, 4.69) is 15.6 Å². The molecule has 10 nitrogen and oxygen atoms in total. The van der Waals surface area contributed by atoms with Crippen LogP contribution in [-0.2, 0) is 0 Å². The van der Waals surface area contributed by atoms with Crippen molar-refractivity contribution < 1.29 is 20.1 Å². The third-order valence-corrected chi connectivity index (χ3v) is 9.10. The maximum Gasteiger partial charge on any atom is 0.224 e. The number of nitrogens with one attached hydrogen (secondary N) is 2. The Hall–Kier alpha value is -3.38. The Balaban J connectivity index is 1.30. The molecule has 1 aromatic carbocycles. The Morgan fingerprint density at radius 3 is 2.55 bits per heavy atom. The molecule has 0 saturated heterocycles. The Kier molecular flexibility index (Phi) is 7.07. The Bertz CT molecular complexity index is 1510. The molecular formula is C29H34N6O4S. The zero-order valence-electron chi connectivity index (χ0n) is 22.6. The molecule has 3 atom stereocenters. The Morgan fingerprint density at radius 2 is 1.85 bits per heavy atom. The number of aliphatic hydroxyl groups excluding tert-OH is 2. The number of aryl methyl sites for hydroxylation is 2. The lowest BCUT2D eigenvalue weighted by Crippen LogP contribution is -2.48. The van der Waals surface area contributed by atoms with Gasteiger partial charge in [-0.3, -0.25) is 4.98 Å². The number of rotatable bonds is 10. The molecule has 0 spiro atoms. The van der Waals surface area contributed by atoms with Gasteiger partial charge in [-0.15, -0.1) is 11.3 Å². The number of aromatic nitrogens is 4. The fourth-order valence-electron chi connectivity index (χ4n) is 5.29. The average molecular weight is 563 g/mol. The summed E-state index contributed by atoms with van der Waals surface area (Å²) < 4.78 is 7.02. The number of ether oxygens (including phenoxy) is 1. The maximum absolute atomic E-state index is 11.4. The van der Waals surface area contributed by atoms with Crippen LogP contribution in [-0.4, -0.2) is 66.8 Å². The van der Waals surface area contributed by atoms with Gasteiger partial charge in [-0.2, -0.15) is 4.98 Å². The number of nitrogens with zero attached hydrogens (tertiary/aromatic N) is 4. The van der Waals surface area contributed by atoms with E-state index >= 15 is 0 Å². The highest BCUT2D eigenvalue weighted by Gasteiger charge is 2.47. The van der Waals surface area contributed by atoms with Gasteiger partial charge in [0.2, 0.25) is 5.95 Å². The lowest BCUT2D eigenvalue weighted by Gasteiger charge is -2.31. The first kappa shape index (κ1) is 26.8. The molecule has 2 saturated carbocycles. The minimum absolute atomic E-state index is 0.00508. The van der Waals surface area contributed by atoms with E-state index in [1.165, 1.54) is 11.3 Å². The number of benzene rings is 1. The molecule has 40 heavy (non-hydrogen) atoms. The summed E-state index contributed by atoms with van der Waals surface area (Å²) in [6.07, 6.45) is 3.46. The molecule has 0 radical (unpaired) electrons. The van der Waals surface area contributed by atoms with Crippen molar-refractivity contribution in [3.8, 4) is 16.3 Å². The van der Waals surface area contributed by atoms with Crippen LogP contribution in [0.25, 0.3) is 20.8 Å². The average Bonchev–Trinajstić information content (AvgIpc) is 3.50. The van der Waals surface area contributed by atoms with Crippen molar-refractivity contribution in [1.82, 2.24) is 19.9 Å². The Morgan fingerprint density at radius 1 is 1.05 bits per heavy atom. The van der Waals surface area contributed by atoms with Crippen molar-refractivity contribution in [1.29, 1.82) is 0 Å². The number of thiazole rings is 1. The van der Waals surface area contributed by atoms with E-state index in [0.717, 1.165) is 34.5 Å². The molecule has 0 amide bonds. The van der Waals surface area contributed by atoms with Crippen LogP contribution in [0.2, 0.25) is 0 Å². The first-order valence-corrected chi connectivity index (χ1v) is 14.4. The number of pyridine rings is 1. The number of anilines is 2. The predicted molar refractivity (Wildman–Crippen MR) is 154 cm³/mol. The summed E-state index contributed by atoms with van der Waals surface area (Å²) in [5.74, 6) is 1.23. The second kappa shape index (κ2) is 10.5. The summed E-state index contributed by atoms with van der Waals surface area (Å²) in [4.78, 5) is 18.8. The summed E-state index contributed by atoms with van der Waals surface area (Å²) in [6, 6.07) is 11.7. The molecule has 3 aromatic heterocycles. The van der Waals surface area contributed by atoms with Gasteiger partial charge in [0.1, 0.15) is 28.2 Å². The first-order valence-electron chi connectivity index (χ1n) is 13.6. The first-order chi connectivity index (χ1) is 19.3. The van der Waals surface area contributed by atoms with Crippen LogP contribution in [0.5, 0.6) is 5.75 Å². The normalized spacial score (nSPS) is 23.3. The molecule has 3 unspecified atom stereocenters. The van der Waals surface area contributed by atoms with E-state index in [1.54, 1.807) is 6.20 Å². The van der Waals surface area contributed by atoms with Crippen LogP contribution in [0.3, 0.4) is 0 Å². The van der Waals surface area contributed by atoms with Crippen molar-refractivity contribution in [3.05, 3.63) is 54.0 Å². The van der Waals surface area contributed by atoms with Crippen molar-refractivity contribution in [2.75, 3.05) is 30.4 Å². The van der Waals surface area contributed by atoms with Crippen molar-refractivity contribution in [3.63, 3.8) is 0 Å². The molecule has 6 rings (SSSR count). The van der Waals surface area contributed by atoms with E-state index in [4.69, 9.17) is 19.7 Å². The molecule has 5 N–H and O–H groups in total. The maximum atomic E-state index is 11.4. The van der Waals surface area contributed by atoms with Crippen LogP contribution in [0, 0.1) is 25.2 Å². The number of para-hydroxylation sites is 1. The summed E-state index contributed by atoms with van der Waals surface area (Å²) in [6.45, 7) is 4.85. The lowest BCUT2D eigenvalue weighted by molar-refractivity contribution is -0.0545. The highest BCUT2D eigenvalue weighted by atomic mass is 32.1. The standard InChI is InChI=1S/C29H34N6O4S/c1-17-22(26-33-23-18(2)30-13-9-21(23)40-26)25(35-29(38)10-8-19(14-36)24(29)37)34-27(32-17)31-15-28(11-12-28)16-39-20-6-4-3-5-7-20/h3-7,9,13,19,24,36-38H,8,10-12,14-16H2,1-2H3,(H2,31,32,34,35). The molecule has 2 aliphatic rings. The van der Waals surface area contributed by atoms with Crippen LogP contribution < -0.4 is 15.4 Å². The summed E-state index contributed by atoms with van der Waals surface area (Å²) in [5, 5.41) is 39.1. The highest BCUT2D eigenvalue weighted by Crippen LogP contribution is 2.46. The monoisotopic (exact) mass is 562 g/mol. The van der Waals surface area contributed by atoms with Gasteiger partial charge in [-0.1, -0.05) is 18.2 Å². The van der Waals surface area contributed by atoms with Gasteiger partial charge in [0.05, 0.1) is 28.3 Å². The molecular weight excluding hydrogens is 528 g/mol. The fraction of sp³-hybridized carbons (Fsp3) is 0.448. The number of hydrogen-bond acceptors (Lipinski definition) is 11. The lowest BCUT2D eigenvalue weighted by atomic mass is 10.0. The number of aliphatic hydroxyl groups is 3. The topological polar surface area (TPSA) is 146 Å². The van der Waals surface area contributed by atoms with Crippen molar-refractivity contribution in [2.24, 2.45) is 11.3 Å². The van der Waals surface area contributed by atoms with E-state index in [9.17, 15) is 15.3 Å². The van der Waals surface area contributed by atoms with Gasteiger partial charge in [0.15, 0.2) is 5.72 Å². The van der Waals surface area contributed by atoms with E-state index in [1.807, 2.05) is 50.2 Å². The SMILES string of the molecule is Cc1nc(NCC2(COc3ccccc3)CC2)nc(NC2(O)CCC(CO)C2O)c1-c1nc2c(C)nccc2s1. The van der Waals surface area contributed by atoms with E-state index < -0.39 is 17.7 Å². The minimum atomic E-state index is -1.64. The minimum Gasteiger partial charge on any atom is -0.493 e. The van der Waals surface area contributed by atoms with Crippen LogP contribution >= 0.6 is 11.3 Å². The summed E-state index contributed by atoms with van der Waals surface area (Å²) >= 11 is 1.50. The van der Waals surface area contributed by atoms with Crippen LogP contribution in [0.1, 0.15) is 37.1 Å². The van der Waals surface area contributed by atoms with Crippen molar-refractivity contribution in [2.45, 2.75) is 51.4 Å². The second-order valence-corrected chi connectivity index (χ2v) is 12.1. The smallest absolute Gasteiger partial charge is 0.224 e. The summed E-state index contributed by atoms with van der Waals surface area (Å²) in [7, 11) is 0. The third kappa shape index (κ3) is 5.22. The van der Waals surface area contributed by atoms with Gasteiger partial charge in [0.25, 0.3) is 0 Å². The molecule has 0 bridgehead atoms. The van der Waals surface area contributed by atoms with Gasteiger partial charge >= 0.3 is 0 Å². The zero-order chi connectivity index (χ0) is 27.9. The molecule has 210 valence electrons. The third-order valence-electron chi connectivity index (χ3n) is 8.06. The zero-order valence-corrected chi connectivity index (χ0v) is 23.4. The van der Waals surface area contributed by atoms with Crippen molar-refractivity contribution >= 4 is 33.3 Å².